The summed E-state index contributed by atoms with van der Waals surface area (Å²) >= 11 is 4.86. The van der Waals surface area contributed by atoms with Crippen molar-refractivity contribution in [1.29, 1.82) is 0 Å². The van der Waals surface area contributed by atoms with E-state index in [1.54, 1.807) is 38.6 Å². The first kappa shape index (κ1) is 22.8. The molecule has 0 saturated heterocycles. The Kier molecular flexibility index (Phi) is 6.90. The number of fused-ring (bicyclic) bond motifs is 1. The van der Waals surface area contributed by atoms with Crippen molar-refractivity contribution in [2.24, 2.45) is 5.10 Å². The molecule has 0 fully saturated rings. The highest BCUT2D eigenvalue weighted by molar-refractivity contribution is 9.10. The van der Waals surface area contributed by atoms with Gasteiger partial charge in [0.2, 0.25) is 5.13 Å². The van der Waals surface area contributed by atoms with Crippen molar-refractivity contribution in [1.82, 2.24) is 4.98 Å². The Labute approximate surface area is 203 Å². The second-order valence-corrected chi connectivity index (χ2v) is 8.74. The predicted octanol–water partition coefficient (Wildman–Crippen LogP) is 5.77. The number of nitrogens with zero attached hydrogens (tertiary/aromatic N) is 3. The van der Waals surface area contributed by atoms with Crippen LogP contribution in [0.5, 0.6) is 17.2 Å². The van der Waals surface area contributed by atoms with Crippen LogP contribution in [0.25, 0.3) is 10.2 Å². The molecule has 1 amide bonds. The van der Waals surface area contributed by atoms with Crippen LogP contribution in [0.4, 0.5) is 5.13 Å². The van der Waals surface area contributed by atoms with Gasteiger partial charge < -0.3 is 14.2 Å². The summed E-state index contributed by atoms with van der Waals surface area (Å²) in [4.78, 5) is 18.2. The van der Waals surface area contributed by atoms with Gasteiger partial charge in [0.05, 0.1) is 37.8 Å². The largest absolute Gasteiger partial charge is 0.497 e. The number of carbonyl (C=O) groups excluding carboxylic acids is 1. The molecule has 0 atom stereocenters. The summed E-state index contributed by atoms with van der Waals surface area (Å²) in [6, 6.07) is 18.1. The van der Waals surface area contributed by atoms with Crippen molar-refractivity contribution >= 4 is 54.7 Å². The van der Waals surface area contributed by atoms with Crippen LogP contribution >= 0.6 is 27.3 Å². The normalized spacial score (nSPS) is 11.0. The van der Waals surface area contributed by atoms with Gasteiger partial charge in [-0.15, -0.1) is 0 Å². The highest BCUT2D eigenvalue weighted by Crippen LogP contribution is 2.33. The second-order valence-electron chi connectivity index (χ2n) is 6.81. The number of benzene rings is 3. The van der Waals surface area contributed by atoms with E-state index in [0.29, 0.717) is 22.2 Å². The molecule has 0 spiro atoms. The molecule has 0 radical (unpaired) electrons. The summed E-state index contributed by atoms with van der Waals surface area (Å²) < 4.78 is 17.7. The average molecular weight is 526 g/mol. The Morgan fingerprint density at radius 1 is 0.970 bits per heavy atom. The molecule has 0 saturated carbocycles. The molecule has 3 aromatic carbocycles. The fraction of sp³-hybridized carbons (Fsp3) is 0.125. The van der Waals surface area contributed by atoms with Gasteiger partial charge in [-0.25, -0.2) is 4.98 Å². The number of methoxy groups -OCH3 is 3. The standard InChI is InChI=1S/C24H20BrN3O4S/c1-30-18-8-4-15(5-9-18)14-26-28(24-27-19-10-7-17(25)13-22(19)33-24)23(29)16-6-11-20(31-2)21(12-16)32-3/h4-14H,1-3H3/b26-14+. The molecule has 0 N–H and O–H groups in total. The van der Waals surface area contributed by atoms with Crippen LogP contribution in [0.1, 0.15) is 15.9 Å². The number of hydrogen-bond donors (Lipinski definition) is 0. The molecule has 0 aliphatic rings. The Morgan fingerprint density at radius 3 is 2.42 bits per heavy atom. The van der Waals surface area contributed by atoms with E-state index in [-0.39, 0.29) is 5.91 Å². The minimum atomic E-state index is -0.348. The van der Waals surface area contributed by atoms with Gasteiger partial charge >= 0.3 is 0 Å². The zero-order valence-electron chi connectivity index (χ0n) is 18.1. The topological polar surface area (TPSA) is 73.2 Å². The lowest BCUT2D eigenvalue weighted by Gasteiger charge is -2.15. The van der Waals surface area contributed by atoms with E-state index in [1.807, 2.05) is 42.5 Å². The molecule has 33 heavy (non-hydrogen) atoms. The maximum absolute atomic E-state index is 13.5. The summed E-state index contributed by atoms with van der Waals surface area (Å²) in [6.45, 7) is 0. The first-order valence-electron chi connectivity index (χ1n) is 9.83. The Hall–Kier alpha value is -3.43. The smallest absolute Gasteiger partial charge is 0.280 e. The van der Waals surface area contributed by atoms with Crippen LogP contribution in [0.2, 0.25) is 0 Å². The molecule has 0 unspecified atom stereocenters. The van der Waals surface area contributed by atoms with Gasteiger partial charge in [-0.1, -0.05) is 27.3 Å². The summed E-state index contributed by atoms with van der Waals surface area (Å²) in [5.74, 6) is 1.38. The van der Waals surface area contributed by atoms with Crippen LogP contribution < -0.4 is 19.2 Å². The monoisotopic (exact) mass is 525 g/mol. The summed E-state index contributed by atoms with van der Waals surface area (Å²) in [5.41, 5.74) is 1.98. The number of aromatic nitrogens is 1. The lowest BCUT2D eigenvalue weighted by Crippen LogP contribution is -2.25. The van der Waals surface area contributed by atoms with Crippen LogP contribution in [0, 0.1) is 0 Å². The number of carbonyl (C=O) groups is 1. The van der Waals surface area contributed by atoms with Crippen molar-refractivity contribution < 1.29 is 19.0 Å². The molecule has 168 valence electrons. The van der Waals surface area contributed by atoms with Gasteiger partial charge in [0.1, 0.15) is 5.75 Å². The fourth-order valence-electron chi connectivity index (χ4n) is 3.07. The van der Waals surface area contributed by atoms with Crippen molar-refractivity contribution in [3.8, 4) is 17.2 Å². The highest BCUT2D eigenvalue weighted by Gasteiger charge is 2.22. The van der Waals surface area contributed by atoms with Crippen LogP contribution in [-0.2, 0) is 0 Å². The molecular weight excluding hydrogens is 506 g/mol. The average Bonchev–Trinajstić information content (AvgIpc) is 3.26. The zero-order valence-corrected chi connectivity index (χ0v) is 20.5. The van der Waals surface area contributed by atoms with E-state index in [9.17, 15) is 4.79 Å². The molecule has 7 nitrogen and oxygen atoms in total. The van der Waals surface area contributed by atoms with E-state index >= 15 is 0 Å². The number of anilines is 1. The van der Waals surface area contributed by atoms with Gasteiger partial charge in [-0.3, -0.25) is 4.79 Å². The summed E-state index contributed by atoms with van der Waals surface area (Å²) in [5, 5.41) is 6.24. The Bertz CT molecular complexity index is 1320. The summed E-state index contributed by atoms with van der Waals surface area (Å²) in [7, 11) is 4.68. The molecule has 4 rings (SSSR count). The van der Waals surface area contributed by atoms with Crippen LogP contribution in [0.3, 0.4) is 0 Å². The molecule has 1 aromatic heterocycles. The fourth-order valence-corrected chi connectivity index (χ4v) is 4.55. The number of halogens is 1. The first-order chi connectivity index (χ1) is 16.0. The van der Waals surface area contributed by atoms with E-state index < -0.39 is 0 Å². The minimum Gasteiger partial charge on any atom is -0.497 e. The molecule has 4 aromatic rings. The van der Waals surface area contributed by atoms with Gasteiger partial charge in [0.15, 0.2) is 11.5 Å². The van der Waals surface area contributed by atoms with Crippen molar-refractivity contribution in [2.45, 2.75) is 0 Å². The van der Waals surface area contributed by atoms with E-state index in [0.717, 1.165) is 26.0 Å². The molecule has 9 heteroatoms. The first-order valence-corrected chi connectivity index (χ1v) is 11.4. The molecule has 0 bridgehead atoms. The predicted molar refractivity (Wildman–Crippen MR) is 134 cm³/mol. The Balaban J connectivity index is 1.75. The number of amides is 1. The van der Waals surface area contributed by atoms with Gasteiger partial charge in [-0.2, -0.15) is 10.1 Å². The number of thiazole rings is 1. The van der Waals surface area contributed by atoms with Gasteiger partial charge in [0, 0.05) is 10.0 Å². The molecule has 0 aliphatic carbocycles. The van der Waals surface area contributed by atoms with Crippen molar-refractivity contribution in [2.75, 3.05) is 26.3 Å². The highest BCUT2D eigenvalue weighted by atomic mass is 79.9. The van der Waals surface area contributed by atoms with E-state index in [1.165, 1.54) is 23.5 Å². The van der Waals surface area contributed by atoms with Gasteiger partial charge in [-0.05, 0) is 66.2 Å². The third-order valence-electron chi connectivity index (χ3n) is 4.78. The van der Waals surface area contributed by atoms with Crippen molar-refractivity contribution in [3.05, 3.63) is 76.3 Å². The van der Waals surface area contributed by atoms with E-state index in [2.05, 4.69) is 26.0 Å². The SMILES string of the molecule is COc1ccc(/C=N/N(C(=O)c2ccc(OC)c(OC)c2)c2nc3ccc(Br)cc3s2)cc1. The number of rotatable bonds is 7. The van der Waals surface area contributed by atoms with Crippen LogP contribution in [0.15, 0.2) is 70.2 Å². The number of hydrazone groups is 1. The van der Waals surface area contributed by atoms with E-state index in [4.69, 9.17) is 14.2 Å². The third kappa shape index (κ3) is 4.99. The molecular formula is C24H20BrN3O4S. The lowest BCUT2D eigenvalue weighted by molar-refractivity contribution is 0.0987. The quantitative estimate of drug-likeness (QED) is 0.226. The number of hydrogen-bond acceptors (Lipinski definition) is 7. The van der Waals surface area contributed by atoms with Gasteiger partial charge in [0.25, 0.3) is 5.91 Å². The number of ether oxygens (including phenoxy) is 3. The Morgan fingerprint density at radius 2 is 1.73 bits per heavy atom. The minimum absolute atomic E-state index is 0.348. The second kappa shape index (κ2) is 10.0. The molecule has 0 aliphatic heterocycles. The molecule has 1 heterocycles. The zero-order chi connectivity index (χ0) is 23.4. The van der Waals surface area contributed by atoms with Crippen LogP contribution in [-0.4, -0.2) is 38.4 Å². The third-order valence-corrected chi connectivity index (χ3v) is 6.27. The van der Waals surface area contributed by atoms with Crippen molar-refractivity contribution in [3.63, 3.8) is 0 Å². The summed E-state index contributed by atoms with van der Waals surface area (Å²) in [6.07, 6.45) is 1.61. The maximum atomic E-state index is 13.5. The maximum Gasteiger partial charge on any atom is 0.280 e. The lowest BCUT2D eigenvalue weighted by atomic mass is 10.2.